The zero-order valence-corrected chi connectivity index (χ0v) is 35.3. The van der Waals surface area contributed by atoms with Crippen molar-refractivity contribution in [1.29, 1.82) is 0 Å². The molecule has 0 radical (unpaired) electrons. The lowest BCUT2D eigenvalue weighted by molar-refractivity contribution is 0.0217. The summed E-state index contributed by atoms with van der Waals surface area (Å²) in [5.41, 5.74) is 4.26. The molecule has 2 aliphatic rings. The minimum Gasteiger partial charge on any atom is -0.496 e. The lowest BCUT2D eigenvalue weighted by Crippen LogP contribution is -2.37. The Morgan fingerprint density at radius 3 is 2.58 bits per heavy atom. The van der Waals surface area contributed by atoms with Crippen molar-refractivity contribution in [1.82, 2.24) is 24.6 Å². The fourth-order valence-electron chi connectivity index (χ4n) is 8.30. The number of nitrogens with zero attached hydrogens (tertiary/aromatic N) is 5. The number of pyridine rings is 2. The van der Waals surface area contributed by atoms with Gasteiger partial charge in [-0.3, -0.25) is 19.0 Å². The number of anilines is 1. The molecule has 8 rings (SSSR count). The maximum atomic E-state index is 14.6. The van der Waals surface area contributed by atoms with E-state index in [1.807, 2.05) is 45.0 Å². The number of aromatic nitrogens is 4. The molecule has 0 spiro atoms. The van der Waals surface area contributed by atoms with Gasteiger partial charge in [0.15, 0.2) is 5.82 Å². The number of fused-ring (bicyclic) bond motifs is 2. The molecule has 2 atom stereocenters. The molecule has 60 heavy (non-hydrogen) atoms. The monoisotopic (exact) mass is 834 g/mol. The molecule has 5 heterocycles. The second-order valence-electron chi connectivity index (χ2n) is 16.0. The van der Waals surface area contributed by atoms with Crippen LogP contribution in [-0.2, 0) is 35.8 Å². The smallest absolute Gasteiger partial charge is 0.441 e. The highest BCUT2D eigenvalue weighted by Crippen LogP contribution is 2.48. The number of ether oxygens (including phenoxy) is 3. The quantitative estimate of drug-likeness (QED) is 0.125. The van der Waals surface area contributed by atoms with Gasteiger partial charge in [-0.25, -0.2) is 23.8 Å². The number of carbonyl (C=O) groups is 2. The number of halogens is 1. The fourth-order valence-corrected chi connectivity index (χ4v) is 9.47. The van der Waals surface area contributed by atoms with Crippen molar-refractivity contribution in [2.45, 2.75) is 83.9 Å². The Bertz CT molecular complexity index is 2650. The number of aryl methyl sites for hydroxylation is 2. The van der Waals surface area contributed by atoms with Gasteiger partial charge in [0.1, 0.15) is 23.0 Å². The van der Waals surface area contributed by atoms with Crippen molar-refractivity contribution in [2.75, 3.05) is 25.6 Å². The van der Waals surface area contributed by atoms with Gasteiger partial charge < -0.3 is 19.5 Å². The fraction of sp³-hybridized carbons (Fsp3) is 0.378. The first-order valence-electron chi connectivity index (χ1n) is 20.2. The second kappa shape index (κ2) is 16.5. The van der Waals surface area contributed by atoms with E-state index in [9.17, 15) is 18.8 Å². The van der Waals surface area contributed by atoms with Gasteiger partial charge in [-0.1, -0.05) is 29.4 Å². The average molecular weight is 835 g/mol. The number of thiophene rings is 1. The van der Waals surface area contributed by atoms with Gasteiger partial charge in [0.05, 0.1) is 53.0 Å². The summed E-state index contributed by atoms with van der Waals surface area (Å²) in [7, 11) is 3.23. The minimum atomic E-state index is -0.766. The van der Waals surface area contributed by atoms with Crippen molar-refractivity contribution in [3.63, 3.8) is 0 Å². The van der Waals surface area contributed by atoms with Crippen LogP contribution < -0.4 is 15.8 Å². The van der Waals surface area contributed by atoms with Gasteiger partial charge in [0, 0.05) is 30.2 Å². The number of hydrogen-bond acceptors (Lipinski definition) is 12. The molecule has 0 bridgehead atoms. The van der Waals surface area contributed by atoms with E-state index in [2.05, 4.69) is 16.5 Å². The number of likely N-dealkylation sites (tertiary alicyclic amines) is 1. The van der Waals surface area contributed by atoms with Gasteiger partial charge in [0.2, 0.25) is 0 Å². The van der Waals surface area contributed by atoms with Crippen LogP contribution in [-0.4, -0.2) is 62.5 Å². The summed E-state index contributed by atoms with van der Waals surface area (Å²) < 4.78 is 38.7. The zero-order chi connectivity index (χ0) is 42.3. The Hall–Kier alpha value is -6.09. The Kier molecular flexibility index (Phi) is 11.2. The van der Waals surface area contributed by atoms with Crippen LogP contribution in [0, 0.1) is 5.82 Å². The third-order valence-corrected chi connectivity index (χ3v) is 12.2. The molecule has 6 aromatic rings. The molecule has 1 fully saturated rings. The van der Waals surface area contributed by atoms with E-state index in [1.165, 1.54) is 33.6 Å². The Morgan fingerprint density at radius 2 is 1.87 bits per heavy atom. The molecular weight excluding hydrogens is 788 g/mol. The van der Waals surface area contributed by atoms with Crippen molar-refractivity contribution in [2.24, 2.45) is 7.05 Å². The average Bonchev–Trinajstić information content (AvgIpc) is 4.04. The summed E-state index contributed by atoms with van der Waals surface area (Å²) in [6.45, 7) is 7.61. The predicted octanol–water partition coefficient (Wildman–Crippen LogP) is 8.99. The first-order valence-corrected chi connectivity index (χ1v) is 21.0. The number of esters is 1. The zero-order valence-electron chi connectivity index (χ0n) is 34.5. The molecule has 1 aliphatic heterocycles. The van der Waals surface area contributed by atoms with Crippen LogP contribution in [0.25, 0.3) is 31.9 Å². The highest BCUT2D eigenvalue weighted by molar-refractivity contribution is 7.23. The van der Waals surface area contributed by atoms with E-state index in [4.69, 9.17) is 28.7 Å². The third kappa shape index (κ3) is 7.85. The van der Waals surface area contributed by atoms with E-state index in [-0.39, 0.29) is 29.9 Å². The highest BCUT2D eigenvalue weighted by Gasteiger charge is 2.40. The number of hydrogen-bond donors (Lipinski definition) is 1. The van der Waals surface area contributed by atoms with Crippen molar-refractivity contribution in [3.8, 4) is 27.6 Å². The molecule has 0 unspecified atom stereocenters. The second-order valence-corrected chi connectivity index (χ2v) is 17.1. The lowest BCUT2D eigenvalue weighted by Gasteiger charge is -2.30. The number of carbonyl (C=O) groups excluding carboxylic acids is 2. The van der Waals surface area contributed by atoms with Crippen molar-refractivity contribution < 1.29 is 32.7 Å². The van der Waals surface area contributed by atoms with Crippen LogP contribution in [0.5, 0.6) is 5.75 Å². The first-order chi connectivity index (χ1) is 28.8. The molecule has 0 saturated carbocycles. The summed E-state index contributed by atoms with van der Waals surface area (Å²) in [6.07, 6.45) is 4.82. The number of methoxy groups -OCH3 is 1. The molecule has 4 aromatic heterocycles. The summed E-state index contributed by atoms with van der Waals surface area (Å²) in [4.78, 5) is 53.8. The van der Waals surface area contributed by atoms with E-state index in [0.29, 0.717) is 65.4 Å². The molecule has 1 aliphatic carbocycles. The lowest BCUT2D eigenvalue weighted by atomic mass is 9.90. The van der Waals surface area contributed by atoms with Gasteiger partial charge in [-0.15, -0.1) is 11.3 Å². The normalized spacial score (nSPS) is 16.3. The van der Waals surface area contributed by atoms with Crippen molar-refractivity contribution in [3.05, 3.63) is 111 Å². The largest absolute Gasteiger partial charge is 0.496 e. The molecule has 312 valence electrons. The van der Waals surface area contributed by atoms with Gasteiger partial charge in [0.25, 0.3) is 0 Å². The van der Waals surface area contributed by atoms with E-state index < -0.39 is 29.5 Å². The maximum absolute atomic E-state index is 14.6. The molecule has 13 nitrogen and oxygen atoms in total. The molecule has 1 saturated heterocycles. The van der Waals surface area contributed by atoms with E-state index >= 15 is 0 Å². The molecule has 15 heteroatoms. The van der Waals surface area contributed by atoms with Crippen molar-refractivity contribution >= 4 is 39.3 Å². The third-order valence-electron chi connectivity index (χ3n) is 11.0. The number of rotatable bonds is 11. The molecule has 1 amide bonds. The van der Waals surface area contributed by atoms with Crippen LogP contribution >= 0.6 is 11.3 Å². The van der Waals surface area contributed by atoms with Gasteiger partial charge >= 0.3 is 17.8 Å². The van der Waals surface area contributed by atoms with Crippen LogP contribution in [0.15, 0.2) is 70.1 Å². The number of benzene rings is 2. The van der Waals surface area contributed by atoms with Crippen LogP contribution in [0.4, 0.5) is 15.0 Å². The standard InChI is InChI=1S/C45H47FN6O7S/c1-7-57-42(53)37-36(34-24-26-21-22-47-40(39(26)60-34)49-30-20-18-29-28(30)10-8-12-33(29)56-6)35(41-50-59-43(54)51(41)5)31(19-15-25-13-16-27(46)17-14-25)48-38(37)32-11-9-23-52(32)44(55)58-45(2,3)4/h8,10,12-14,16-17,21-22,24,30,32H,7,9,11,15,18-20,23H2,1-6H3,(H,47,49)/t30-,32-/m1/s1. The predicted molar refractivity (Wildman–Crippen MR) is 226 cm³/mol. The van der Waals surface area contributed by atoms with Crippen LogP contribution in [0.3, 0.4) is 0 Å². The first kappa shape index (κ1) is 40.7. The number of amides is 1. The highest BCUT2D eigenvalue weighted by atomic mass is 32.1. The molecule has 1 N–H and O–H groups in total. The molecule has 2 aromatic carbocycles. The van der Waals surface area contributed by atoms with Crippen LogP contribution in [0.1, 0.15) is 97.5 Å². The SMILES string of the molecule is CCOC(=O)c1c([C@H]2CCCN2C(=O)OC(C)(C)C)nc(CCc2ccc(F)cc2)c(-c2noc(=O)n2C)c1-c1cc2ccnc(N[C@@H]3CCc4c(OC)cccc43)c2s1. The summed E-state index contributed by atoms with van der Waals surface area (Å²) in [6, 6.07) is 15.6. The Morgan fingerprint density at radius 1 is 1.07 bits per heavy atom. The summed E-state index contributed by atoms with van der Waals surface area (Å²) in [5, 5.41) is 8.82. The van der Waals surface area contributed by atoms with Gasteiger partial charge in [-0.05, 0) is 119 Å². The number of nitrogens with one attached hydrogen (secondary N) is 1. The minimum absolute atomic E-state index is 0.0131. The molecular formula is C45H47FN6O7S. The topological polar surface area (TPSA) is 151 Å². The Balaban J connectivity index is 1.36. The van der Waals surface area contributed by atoms with E-state index in [0.717, 1.165) is 39.8 Å². The maximum Gasteiger partial charge on any atom is 0.441 e. The van der Waals surface area contributed by atoms with Crippen LogP contribution in [0.2, 0.25) is 0 Å². The summed E-state index contributed by atoms with van der Waals surface area (Å²) in [5.74, 6) is 0.00140. The van der Waals surface area contributed by atoms with Gasteiger partial charge in [-0.2, -0.15) is 0 Å². The summed E-state index contributed by atoms with van der Waals surface area (Å²) >= 11 is 1.43. The van der Waals surface area contributed by atoms with E-state index in [1.54, 1.807) is 44.3 Å². The Labute approximate surface area is 350 Å².